The van der Waals surface area contributed by atoms with Crippen LogP contribution in [0, 0.1) is 11.8 Å². The molecule has 13 heavy (non-hydrogen) atoms. The topological polar surface area (TPSA) is 0 Å². The molecule has 0 aromatic rings. The Morgan fingerprint density at radius 2 is 2.31 bits per heavy atom. The molecule has 1 aliphatic carbocycles. The van der Waals surface area contributed by atoms with E-state index in [0.29, 0.717) is 4.75 Å². The van der Waals surface area contributed by atoms with Gasteiger partial charge in [0.1, 0.15) is 0 Å². The molecule has 0 spiro atoms. The number of hydrogen-bond acceptors (Lipinski definition) is 2. The SMILES string of the molecule is CC(C)C12C=CCCC1C=CSS2. The average Bonchev–Trinajstić information content (AvgIpc) is 2.17. The fourth-order valence-corrected chi connectivity index (χ4v) is 5.30. The van der Waals surface area contributed by atoms with Crippen LogP contribution in [0.1, 0.15) is 26.7 Å². The van der Waals surface area contributed by atoms with Crippen LogP contribution in [-0.4, -0.2) is 4.75 Å². The lowest BCUT2D eigenvalue weighted by molar-refractivity contribution is 0.378. The zero-order valence-electron chi connectivity index (χ0n) is 8.19. The molecule has 2 unspecified atom stereocenters. The van der Waals surface area contributed by atoms with Gasteiger partial charge in [0, 0.05) is 0 Å². The molecule has 2 aliphatic rings. The van der Waals surface area contributed by atoms with Gasteiger partial charge in [-0.3, -0.25) is 0 Å². The van der Waals surface area contributed by atoms with E-state index in [1.807, 2.05) is 21.6 Å². The third-order valence-electron chi connectivity index (χ3n) is 3.06. The highest BCUT2D eigenvalue weighted by atomic mass is 33.1. The summed E-state index contributed by atoms with van der Waals surface area (Å²) in [6.45, 7) is 4.69. The monoisotopic (exact) mass is 212 g/mol. The summed E-state index contributed by atoms with van der Waals surface area (Å²) in [7, 11) is 3.94. The Hall–Kier alpha value is 0.180. The van der Waals surface area contributed by atoms with Crippen molar-refractivity contribution >= 4 is 21.6 Å². The Morgan fingerprint density at radius 1 is 1.46 bits per heavy atom. The Balaban J connectivity index is 2.33. The molecule has 2 atom stereocenters. The maximum absolute atomic E-state index is 2.45. The number of rotatable bonds is 1. The van der Waals surface area contributed by atoms with Crippen LogP contribution in [0.2, 0.25) is 0 Å². The molecule has 0 N–H and O–H groups in total. The van der Waals surface area contributed by atoms with Crippen molar-refractivity contribution in [1.29, 1.82) is 0 Å². The van der Waals surface area contributed by atoms with Gasteiger partial charge in [0.25, 0.3) is 0 Å². The Bertz CT molecular complexity index is 242. The second-order valence-electron chi connectivity index (χ2n) is 4.10. The fraction of sp³-hybridized carbons (Fsp3) is 0.636. The van der Waals surface area contributed by atoms with Crippen LogP contribution in [0.5, 0.6) is 0 Å². The van der Waals surface area contributed by atoms with Crippen molar-refractivity contribution in [1.82, 2.24) is 0 Å². The second-order valence-corrected chi connectivity index (χ2v) is 6.52. The minimum Gasteiger partial charge on any atom is -0.0871 e. The Morgan fingerprint density at radius 3 is 3.00 bits per heavy atom. The maximum atomic E-state index is 2.45. The third-order valence-corrected chi connectivity index (χ3v) is 6.11. The molecule has 0 radical (unpaired) electrons. The van der Waals surface area contributed by atoms with Crippen molar-refractivity contribution in [3.8, 4) is 0 Å². The molecule has 2 rings (SSSR count). The van der Waals surface area contributed by atoms with Gasteiger partial charge in [0.05, 0.1) is 4.75 Å². The average molecular weight is 212 g/mol. The zero-order valence-corrected chi connectivity index (χ0v) is 9.83. The van der Waals surface area contributed by atoms with Gasteiger partial charge < -0.3 is 0 Å². The molecule has 0 bridgehead atoms. The van der Waals surface area contributed by atoms with Crippen LogP contribution >= 0.6 is 21.6 Å². The van der Waals surface area contributed by atoms with E-state index >= 15 is 0 Å². The smallest absolute Gasteiger partial charge is 0.0531 e. The van der Waals surface area contributed by atoms with E-state index in [-0.39, 0.29) is 0 Å². The van der Waals surface area contributed by atoms with Crippen molar-refractivity contribution in [2.75, 3.05) is 0 Å². The summed E-state index contributed by atoms with van der Waals surface area (Å²) < 4.78 is 0.387. The summed E-state index contributed by atoms with van der Waals surface area (Å²) in [6.07, 6.45) is 9.81. The molecule has 1 aliphatic heterocycles. The highest BCUT2D eigenvalue weighted by molar-refractivity contribution is 8.78. The van der Waals surface area contributed by atoms with Gasteiger partial charge >= 0.3 is 0 Å². The zero-order chi connectivity index (χ0) is 9.31. The summed E-state index contributed by atoms with van der Waals surface area (Å²) >= 11 is 0. The van der Waals surface area contributed by atoms with Crippen molar-refractivity contribution < 1.29 is 0 Å². The first-order valence-corrected chi connectivity index (χ1v) is 7.16. The van der Waals surface area contributed by atoms with Gasteiger partial charge in [-0.15, -0.1) is 0 Å². The molecule has 0 saturated carbocycles. The van der Waals surface area contributed by atoms with E-state index in [9.17, 15) is 0 Å². The molecule has 0 fully saturated rings. The van der Waals surface area contributed by atoms with Crippen LogP contribution in [0.4, 0.5) is 0 Å². The van der Waals surface area contributed by atoms with E-state index in [4.69, 9.17) is 0 Å². The molecule has 0 saturated heterocycles. The summed E-state index contributed by atoms with van der Waals surface area (Å²) in [5.74, 6) is 1.50. The number of fused-ring (bicyclic) bond motifs is 1. The van der Waals surface area contributed by atoms with Crippen molar-refractivity contribution in [2.24, 2.45) is 11.8 Å². The molecule has 1 heterocycles. The minimum absolute atomic E-state index is 0.387. The van der Waals surface area contributed by atoms with Gasteiger partial charge in [0.15, 0.2) is 0 Å². The van der Waals surface area contributed by atoms with Crippen LogP contribution in [0.25, 0.3) is 0 Å². The van der Waals surface area contributed by atoms with Gasteiger partial charge in [0.2, 0.25) is 0 Å². The normalized spacial score (nSPS) is 37.9. The highest BCUT2D eigenvalue weighted by Gasteiger charge is 2.41. The lowest BCUT2D eigenvalue weighted by atomic mass is 9.76. The molecule has 0 nitrogen and oxygen atoms in total. The summed E-state index contributed by atoms with van der Waals surface area (Å²) in [4.78, 5) is 0. The first-order chi connectivity index (χ1) is 6.26. The van der Waals surface area contributed by atoms with Crippen molar-refractivity contribution in [3.05, 3.63) is 23.6 Å². The Kier molecular flexibility index (Phi) is 2.80. The van der Waals surface area contributed by atoms with Crippen LogP contribution in [0.15, 0.2) is 23.6 Å². The number of allylic oxidation sites excluding steroid dienone is 2. The minimum atomic E-state index is 0.387. The van der Waals surface area contributed by atoms with Crippen molar-refractivity contribution in [2.45, 2.75) is 31.4 Å². The molecular formula is C11H16S2. The molecule has 0 aromatic heterocycles. The predicted molar refractivity (Wildman–Crippen MR) is 63.8 cm³/mol. The molecule has 0 amide bonds. The van der Waals surface area contributed by atoms with Crippen molar-refractivity contribution in [3.63, 3.8) is 0 Å². The number of hydrogen-bond donors (Lipinski definition) is 0. The van der Waals surface area contributed by atoms with E-state index in [2.05, 4.69) is 37.5 Å². The molecule has 72 valence electrons. The lowest BCUT2D eigenvalue weighted by Crippen LogP contribution is -2.39. The summed E-state index contributed by atoms with van der Waals surface area (Å²) in [5.41, 5.74) is 0. The van der Waals surface area contributed by atoms with Gasteiger partial charge in [-0.1, -0.05) is 53.7 Å². The van der Waals surface area contributed by atoms with Gasteiger partial charge in [-0.05, 0) is 30.1 Å². The second kappa shape index (κ2) is 3.74. The van der Waals surface area contributed by atoms with E-state index in [1.54, 1.807) is 0 Å². The summed E-state index contributed by atoms with van der Waals surface area (Å²) in [5, 5.41) is 2.26. The van der Waals surface area contributed by atoms with Gasteiger partial charge in [-0.2, -0.15) is 0 Å². The van der Waals surface area contributed by atoms with Crippen LogP contribution < -0.4 is 0 Å². The van der Waals surface area contributed by atoms with E-state index < -0.39 is 0 Å². The third kappa shape index (κ3) is 1.59. The predicted octanol–water partition coefficient (Wildman–Crippen LogP) is 4.26. The first-order valence-electron chi connectivity index (χ1n) is 4.94. The largest absolute Gasteiger partial charge is 0.0871 e. The quantitative estimate of drug-likeness (QED) is 0.470. The van der Waals surface area contributed by atoms with Crippen LogP contribution in [-0.2, 0) is 0 Å². The first kappa shape index (κ1) is 9.72. The van der Waals surface area contributed by atoms with E-state index in [0.717, 1.165) is 11.8 Å². The van der Waals surface area contributed by atoms with Gasteiger partial charge in [-0.25, -0.2) is 0 Å². The van der Waals surface area contributed by atoms with Crippen LogP contribution in [0.3, 0.4) is 0 Å². The van der Waals surface area contributed by atoms with E-state index in [1.165, 1.54) is 12.8 Å². The maximum Gasteiger partial charge on any atom is 0.0531 e. The fourth-order valence-electron chi connectivity index (χ4n) is 2.18. The molecule has 2 heteroatoms. The molecule has 0 aromatic carbocycles. The molecular weight excluding hydrogens is 196 g/mol. The highest BCUT2D eigenvalue weighted by Crippen LogP contribution is 2.54. The Labute approximate surface area is 88.6 Å². The lowest BCUT2D eigenvalue weighted by Gasteiger charge is -2.43. The standard InChI is InChI=1S/C11H16S2/c1-9(2)11-7-4-3-5-10(11)6-8-12-13-11/h4,6-10H,3,5H2,1-2H3. The summed E-state index contributed by atoms with van der Waals surface area (Å²) in [6, 6.07) is 0.